The number of carbonyl (C=O) groups is 5. The second kappa shape index (κ2) is 12.4. The number of nitrogens with zero attached hydrogens (tertiary/aromatic N) is 1. The zero-order valence-electron chi connectivity index (χ0n) is 20.6. The van der Waals surface area contributed by atoms with Gasteiger partial charge in [-0.25, -0.2) is 4.79 Å². The lowest BCUT2D eigenvalue weighted by Crippen LogP contribution is -2.50. The van der Waals surface area contributed by atoms with E-state index in [9.17, 15) is 24.0 Å². The van der Waals surface area contributed by atoms with Crippen LogP contribution in [0.2, 0.25) is 0 Å². The second-order valence-electron chi connectivity index (χ2n) is 8.68. The molecule has 1 aliphatic rings. The van der Waals surface area contributed by atoms with Crippen molar-refractivity contribution in [2.75, 3.05) is 13.1 Å². The van der Waals surface area contributed by atoms with E-state index in [1.807, 2.05) is 30.3 Å². The number of rotatable bonds is 11. The van der Waals surface area contributed by atoms with Crippen molar-refractivity contribution in [2.45, 2.75) is 25.5 Å². The minimum atomic E-state index is -1.16. The Morgan fingerprint density at radius 1 is 0.763 bits per heavy atom. The fraction of sp³-hybridized carbons (Fsp3) is 0.207. The summed E-state index contributed by atoms with van der Waals surface area (Å²) < 4.78 is 5.18. The lowest BCUT2D eigenvalue weighted by Gasteiger charge is -2.25. The van der Waals surface area contributed by atoms with Gasteiger partial charge in [-0.05, 0) is 30.5 Å². The molecule has 1 atom stereocenters. The number of Topliss-reactive ketones (excluding diaryl/α,β-unsaturated/α-hetero) is 1. The first kappa shape index (κ1) is 26.3. The van der Waals surface area contributed by atoms with E-state index in [1.165, 1.54) is 12.1 Å². The minimum absolute atomic E-state index is 0.0792. The van der Waals surface area contributed by atoms with Crippen LogP contribution in [0.25, 0.3) is 0 Å². The van der Waals surface area contributed by atoms with Gasteiger partial charge in [0.25, 0.3) is 11.8 Å². The van der Waals surface area contributed by atoms with Crippen LogP contribution in [0, 0.1) is 0 Å². The van der Waals surface area contributed by atoms with Crippen molar-refractivity contribution in [3.8, 4) is 0 Å². The minimum Gasteiger partial charge on any atom is -0.445 e. The molecule has 2 N–H and O–H groups in total. The first-order chi connectivity index (χ1) is 18.5. The quantitative estimate of drug-likeness (QED) is 0.230. The predicted octanol–water partition coefficient (Wildman–Crippen LogP) is 3.36. The van der Waals surface area contributed by atoms with Crippen LogP contribution in [0.15, 0.2) is 84.9 Å². The summed E-state index contributed by atoms with van der Waals surface area (Å²) in [7, 11) is 0. The number of carbonyl (C=O) groups excluding carboxylic acids is 5. The highest BCUT2D eigenvalue weighted by Crippen LogP contribution is 2.26. The Kier molecular flexibility index (Phi) is 8.61. The van der Waals surface area contributed by atoms with Crippen molar-refractivity contribution in [1.29, 1.82) is 0 Å². The van der Waals surface area contributed by atoms with E-state index in [-0.39, 0.29) is 49.4 Å². The smallest absolute Gasteiger partial charge is 0.407 e. The number of hydrogen-bond acceptors (Lipinski definition) is 6. The number of nitrogens with one attached hydrogen (secondary N) is 2. The van der Waals surface area contributed by atoms with E-state index in [0.717, 1.165) is 10.5 Å². The summed E-state index contributed by atoms with van der Waals surface area (Å²) in [6.45, 7) is -0.0156. The molecule has 38 heavy (non-hydrogen) atoms. The van der Waals surface area contributed by atoms with E-state index in [4.69, 9.17) is 4.74 Å². The van der Waals surface area contributed by atoms with Gasteiger partial charge in [-0.15, -0.1) is 0 Å². The highest BCUT2D eigenvalue weighted by Gasteiger charge is 2.42. The van der Waals surface area contributed by atoms with Crippen LogP contribution >= 0.6 is 0 Å². The number of imide groups is 1. The number of benzene rings is 3. The van der Waals surface area contributed by atoms with Gasteiger partial charge < -0.3 is 15.4 Å². The number of hydrogen-bond donors (Lipinski definition) is 2. The van der Waals surface area contributed by atoms with Crippen molar-refractivity contribution in [1.82, 2.24) is 15.5 Å². The van der Waals surface area contributed by atoms with Crippen molar-refractivity contribution in [3.05, 3.63) is 107 Å². The van der Waals surface area contributed by atoms with Crippen molar-refractivity contribution in [2.24, 2.45) is 0 Å². The molecule has 0 spiro atoms. The number of ether oxygens (including phenoxy) is 1. The molecule has 4 amide bonds. The largest absolute Gasteiger partial charge is 0.445 e. The molecular weight excluding hydrogens is 486 g/mol. The zero-order valence-corrected chi connectivity index (χ0v) is 20.6. The standard InChI is InChI=1S/C29H27N3O6/c33-25(21-12-5-2-6-13-21)18-31-26(34)24(32-27(35)22-14-7-8-15-23(22)28(32)36)16-9-17-30-29(37)38-19-20-10-3-1-4-11-20/h1-8,10-15,24H,9,16-19H2,(H,30,37)(H,31,34)/t24-/m0/s1. The molecule has 3 aromatic rings. The van der Waals surface area contributed by atoms with Crippen LogP contribution in [0.1, 0.15) is 49.5 Å². The second-order valence-corrected chi connectivity index (χ2v) is 8.68. The van der Waals surface area contributed by atoms with E-state index in [2.05, 4.69) is 10.6 Å². The number of alkyl carbamates (subject to hydrolysis) is 1. The van der Waals surface area contributed by atoms with E-state index in [1.54, 1.807) is 42.5 Å². The van der Waals surface area contributed by atoms with Crippen LogP contribution in [-0.4, -0.2) is 53.6 Å². The Labute approximate surface area is 219 Å². The Bertz CT molecular complexity index is 1290. The third kappa shape index (κ3) is 6.31. The molecule has 0 unspecified atom stereocenters. The predicted molar refractivity (Wildman–Crippen MR) is 138 cm³/mol. The van der Waals surface area contributed by atoms with Gasteiger partial charge in [0.2, 0.25) is 5.91 Å². The van der Waals surface area contributed by atoms with Gasteiger partial charge in [-0.3, -0.25) is 24.1 Å². The molecule has 194 valence electrons. The van der Waals surface area contributed by atoms with Crippen LogP contribution in [-0.2, 0) is 16.1 Å². The summed E-state index contributed by atoms with van der Waals surface area (Å²) in [5.41, 5.74) is 1.72. The molecule has 1 heterocycles. The number of fused-ring (bicyclic) bond motifs is 1. The van der Waals surface area contributed by atoms with Gasteiger partial charge in [-0.1, -0.05) is 72.8 Å². The lowest BCUT2D eigenvalue weighted by molar-refractivity contribution is -0.125. The van der Waals surface area contributed by atoms with Gasteiger partial charge in [-0.2, -0.15) is 0 Å². The average molecular weight is 514 g/mol. The molecule has 1 aliphatic heterocycles. The van der Waals surface area contributed by atoms with Crippen LogP contribution in [0.3, 0.4) is 0 Å². The van der Waals surface area contributed by atoms with Crippen molar-refractivity contribution >= 4 is 29.6 Å². The topological polar surface area (TPSA) is 122 Å². The summed E-state index contributed by atoms with van der Waals surface area (Å²) in [5, 5.41) is 5.18. The summed E-state index contributed by atoms with van der Waals surface area (Å²) >= 11 is 0. The monoisotopic (exact) mass is 513 g/mol. The molecule has 9 nitrogen and oxygen atoms in total. The fourth-order valence-corrected chi connectivity index (χ4v) is 4.14. The molecule has 9 heteroatoms. The van der Waals surface area contributed by atoms with Gasteiger partial charge in [0.15, 0.2) is 5.78 Å². The maximum atomic E-state index is 13.2. The summed E-state index contributed by atoms with van der Waals surface area (Å²) in [4.78, 5) is 64.7. The molecular formula is C29H27N3O6. The van der Waals surface area contributed by atoms with Gasteiger partial charge in [0.1, 0.15) is 12.6 Å². The molecule has 0 aliphatic carbocycles. The van der Waals surface area contributed by atoms with Crippen LogP contribution in [0.4, 0.5) is 4.79 Å². The average Bonchev–Trinajstić information content (AvgIpc) is 3.21. The van der Waals surface area contributed by atoms with Crippen LogP contribution < -0.4 is 10.6 Å². The van der Waals surface area contributed by atoms with Gasteiger partial charge >= 0.3 is 6.09 Å². The molecule has 0 saturated heterocycles. The maximum Gasteiger partial charge on any atom is 0.407 e. The Morgan fingerprint density at radius 3 is 1.97 bits per heavy atom. The number of amides is 4. The summed E-state index contributed by atoms with van der Waals surface area (Å²) in [5.74, 6) is -2.08. The third-order valence-electron chi connectivity index (χ3n) is 6.10. The first-order valence-corrected chi connectivity index (χ1v) is 12.2. The molecule has 0 saturated carbocycles. The molecule has 0 radical (unpaired) electrons. The Hall–Kier alpha value is -4.79. The Balaban J connectivity index is 1.37. The van der Waals surface area contributed by atoms with E-state index in [0.29, 0.717) is 5.56 Å². The fourth-order valence-electron chi connectivity index (χ4n) is 4.14. The van der Waals surface area contributed by atoms with Gasteiger partial charge in [0, 0.05) is 12.1 Å². The number of ketones is 1. The zero-order chi connectivity index (χ0) is 26.9. The summed E-state index contributed by atoms with van der Waals surface area (Å²) in [6.07, 6.45) is -0.266. The Morgan fingerprint density at radius 2 is 1.34 bits per heavy atom. The molecule has 3 aromatic carbocycles. The molecule has 0 bridgehead atoms. The molecule has 0 aromatic heterocycles. The highest BCUT2D eigenvalue weighted by molar-refractivity contribution is 6.22. The van der Waals surface area contributed by atoms with E-state index < -0.39 is 29.9 Å². The molecule has 4 rings (SSSR count). The molecule has 0 fully saturated rings. The highest BCUT2D eigenvalue weighted by atomic mass is 16.5. The van der Waals surface area contributed by atoms with E-state index >= 15 is 0 Å². The SMILES string of the molecule is O=C(NCCC[C@@H](C(=O)NCC(=O)c1ccccc1)N1C(=O)c2ccccc2C1=O)OCc1ccccc1. The van der Waals surface area contributed by atoms with Gasteiger partial charge in [0.05, 0.1) is 17.7 Å². The lowest BCUT2D eigenvalue weighted by atomic mass is 10.1. The third-order valence-corrected chi connectivity index (χ3v) is 6.10. The summed E-state index contributed by atoms with van der Waals surface area (Å²) in [6, 6.07) is 22.9. The van der Waals surface area contributed by atoms with Crippen molar-refractivity contribution in [3.63, 3.8) is 0 Å². The first-order valence-electron chi connectivity index (χ1n) is 12.2. The van der Waals surface area contributed by atoms with Crippen LogP contribution in [0.5, 0.6) is 0 Å². The maximum absolute atomic E-state index is 13.2. The normalized spacial score (nSPS) is 13.0. The van der Waals surface area contributed by atoms with Crippen molar-refractivity contribution < 1.29 is 28.7 Å².